The third kappa shape index (κ3) is 4.20. The Morgan fingerprint density at radius 3 is 1.81 bits per heavy atom. The molecule has 6 nitrogen and oxygen atoms in total. The van der Waals surface area contributed by atoms with Crippen molar-refractivity contribution in [3.05, 3.63) is 152 Å². The molecule has 0 amide bonds. The first-order valence-electron chi connectivity index (χ1n) is 15.9. The van der Waals surface area contributed by atoms with Crippen LogP contribution >= 0.6 is 0 Å². The monoisotopic (exact) mass is 615 g/mol. The van der Waals surface area contributed by atoms with Gasteiger partial charge in [0, 0.05) is 45.1 Å². The van der Waals surface area contributed by atoms with E-state index in [0.29, 0.717) is 17.6 Å². The second kappa shape index (κ2) is 10.4. The number of hydrogen-bond donors (Lipinski definition) is 0. The molecule has 6 aromatic carbocycles. The zero-order chi connectivity index (χ0) is 31.6. The summed E-state index contributed by atoms with van der Waals surface area (Å²) in [7, 11) is 0. The van der Waals surface area contributed by atoms with Crippen molar-refractivity contribution in [2.45, 2.75) is 0 Å². The van der Waals surface area contributed by atoms with Crippen molar-refractivity contribution >= 4 is 54.5 Å². The number of fused-ring (bicyclic) bond motifs is 7. The van der Waals surface area contributed by atoms with Gasteiger partial charge in [0.05, 0.1) is 11.0 Å². The minimum absolute atomic E-state index is 0.556. The predicted octanol–water partition coefficient (Wildman–Crippen LogP) is 10.4. The van der Waals surface area contributed by atoms with Gasteiger partial charge in [-0.3, -0.25) is 9.55 Å². The number of aromatic nitrogens is 5. The molecule has 0 N–H and O–H groups in total. The van der Waals surface area contributed by atoms with E-state index in [0.717, 1.165) is 65.6 Å². The molecule has 10 rings (SSSR count). The highest BCUT2D eigenvalue weighted by Crippen LogP contribution is 2.35. The second-order valence-electron chi connectivity index (χ2n) is 12.0. The van der Waals surface area contributed by atoms with Gasteiger partial charge in [-0.05, 0) is 64.4 Å². The number of benzene rings is 6. The summed E-state index contributed by atoms with van der Waals surface area (Å²) in [6.07, 6.45) is 3.58. The van der Waals surface area contributed by atoms with E-state index in [1.54, 1.807) is 6.20 Å². The molecule has 4 aromatic heterocycles. The van der Waals surface area contributed by atoms with Crippen LogP contribution in [-0.4, -0.2) is 24.5 Å². The first-order valence-corrected chi connectivity index (χ1v) is 15.9. The van der Waals surface area contributed by atoms with Gasteiger partial charge in [0.1, 0.15) is 11.2 Å². The van der Waals surface area contributed by atoms with Gasteiger partial charge < -0.3 is 4.42 Å². The molecule has 0 aliphatic rings. The van der Waals surface area contributed by atoms with E-state index in [4.69, 9.17) is 19.4 Å². The van der Waals surface area contributed by atoms with Crippen LogP contribution in [0.4, 0.5) is 0 Å². The van der Waals surface area contributed by atoms with E-state index < -0.39 is 0 Å². The van der Waals surface area contributed by atoms with Gasteiger partial charge in [-0.15, -0.1) is 0 Å². The Labute approximate surface area is 274 Å². The number of rotatable bonds is 4. The second-order valence-corrected chi connectivity index (χ2v) is 12.0. The molecule has 6 heteroatoms. The van der Waals surface area contributed by atoms with Crippen LogP contribution in [0.5, 0.6) is 0 Å². The van der Waals surface area contributed by atoms with Crippen LogP contribution in [0.15, 0.2) is 156 Å². The van der Waals surface area contributed by atoms with Crippen LogP contribution in [0.3, 0.4) is 0 Å². The van der Waals surface area contributed by atoms with E-state index >= 15 is 0 Å². The Morgan fingerprint density at radius 2 is 1.06 bits per heavy atom. The van der Waals surface area contributed by atoms with Gasteiger partial charge in [-0.1, -0.05) is 97.1 Å². The summed E-state index contributed by atoms with van der Waals surface area (Å²) in [5.41, 5.74) is 7.76. The van der Waals surface area contributed by atoms with Gasteiger partial charge in [0.25, 0.3) is 0 Å². The Balaban J connectivity index is 1.19. The first-order chi connectivity index (χ1) is 23.8. The molecule has 0 aliphatic heterocycles. The maximum absolute atomic E-state index is 6.22. The zero-order valence-corrected chi connectivity index (χ0v) is 25.6. The molecule has 10 aromatic rings. The minimum atomic E-state index is 0.556. The SMILES string of the molecule is c1ccc(-c2ccc3cc(-c4nc(-c5ccc6c(c5)oc5ccncc56)nc(-n5c6ccccc6c6ccccc65)n4)ccc3c2)cc1. The zero-order valence-electron chi connectivity index (χ0n) is 25.6. The maximum Gasteiger partial charge on any atom is 0.238 e. The van der Waals surface area contributed by atoms with Crippen LogP contribution < -0.4 is 0 Å². The summed E-state index contributed by atoms with van der Waals surface area (Å²) in [6, 6.07) is 48.2. The van der Waals surface area contributed by atoms with Gasteiger partial charge in [0.15, 0.2) is 11.6 Å². The molecule has 0 bridgehead atoms. The molecule has 224 valence electrons. The molecule has 0 atom stereocenters. The van der Waals surface area contributed by atoms with E-state index in [1.165, 1.54) is 11.1 Å². The molecule has 4 heterocycles. The normalized spacial score (nSPS) is 11.8. The number of hydrogen-bond acceptors (Lipinski definition) is 5. The molecule has 0 saturated heterocycles. The van der Waals surface area contributed by atoms with E-state index in [1.807, 2.05) is 30.5 Å². The van der Waals surface area contributed by atoms with Crippen molar-refractivity contribution < 1.29 is 4.42 Å². The number of furan rings is 1. The van der Waals surface area contributed by atoms with Crippen molar-refractivity contribution in [2.24, 2.45) is 0 Å². The van der Waals surface area contributed by atoms with Gasteiger partial charge in [-0.2, -0.15) is 9.97 Å². The van der Waals surface area contributed by atoms with Crippen molar-refractivity contribution in [1.82, 2.24) is 24.5 Å². The molecular formula is C42H25N5O. The number of para-hydroxylation sites is 2. The fourth-order valence-electron chi connectivity index (χ4n) is 6.82. The summed E-state index contributed by atoms with van der Waals surface area (Å²) < 4.78 is 8.36. The van der Waals surface area contributed by atoms with E-state index in [2.05, 4.69) is 125 Å². The lowest BCUT2D eigenvalue weighted by atomic mass is 10.00. The lowest BCUT2D eigenvalue weighted by molar-refractivity contribution is 0.668. The van der Waals surface area contributed by atoms with Crippen molar-refractivity contribution in [3.8, 4) is 39.9 Å². The summed E-state index contributed by atoms with van der Waals surface area (Å²) in [6.45, 7) is 0. The van der Waals surface area contributed by atoms with Crippen LogP contribution in [0, 0.1) is 0 Å². The molecule has 0 unspecified atom stereocenters. The van der Waals surface area contributed by atoms with Crippen molar-refractivity contribution in [2.75, 3.05) is 0 Å². The Hall–Kier alpha value is -6.66. The summed E-state index contributed by atoms with van der Waals surface area (Å²) >= 11 is 0. The lowest BCUT2D eigenvalue weighted by Gasteiger charge is -2.11. The van der Waals surface area contributed by atoms with Crippen LogP contribution in [-0.2, 0) is 0 Å². The standard InChI is InChI=1S/C42H25N5O/c1-2-8-26(9-3-1)27-14-15-29-23-30(17-16-28(29)22-27)40-44-41(31-18-19-34-35-25-43-21-20-38(35)48-39(34)24-31)46-42(45-40)47-36-12-6-4-10-32(36)33-11-5-7-13-37(33)47/h1-25H. The molecule has 0 fully saturated rings. The van der Waals surface area contributed by atoms with E-state index in [9.17, 15) is 0 Å². The van der Waals surface area contributed by atoms with Crippen LogP contribution in [0.1, 0.15) is 0 Å². The van der Waals surface area contributed by atoms with Gasteiger partial charge in [-0.25, -0.2) is 4.98 Å². The molecule has 0 spiro atoms. The minimum Gasteiger partial charge on any atom is -0.456 e. The van der Waals surface area contributed by atoms with E-state index in [-0.39, 0.29) is 0 Å². The quantitative estimate of drug-likeness (QED) is 0.197. The highest BCUT2D eigenvalue weighted by molar-refractivity contribution is 6.09. The average Bonchev–Trinajstić information content (AvgIpc) is 3.70. The van der Waals surface area contributed by atoms with Gasteiger partial charge in [0.2, 0.25) is 5.95 Å². The average molecular weight is 616 g/mol. The highest BCUT2D eigenvalue weighted by Gasteiger charge is 2.18. The number of nitrogens with zero attached hydrogens (tertiary/aromatic N) is 5. The first kappa shape index (κ1) is 26.5. The summed E-state index contributed by atoms with van der Waals surface area (Å²) in [4.78, 5) is 19.7. The topological polar surface area (TPSA) is 69.6 Å². The fourth-order valence-corrected chi connectivity index (χ4v) is 6.82. The number of pyridine rings is 1. The lowest BCUT2D eigenvalue weighted by Crippen LogP contribution is -2.06. The summed E-state index contributed by atoms with van der Waals surface area (Å²) in [5.74, 6) is 1.72. The smallest absolute Gasteiger partial charge is 0.238 e. The van der Waals surface area contributed by atoms with Gasteiger partial charge >= 0.3 is 0 Å². The Kier molecular flexibility index (Phi) is 5.77. The van der Waals surface area contributed by atoms with Crippen LogP contribution in [0.2, 0.25) is 0 Å². The fraction of sp³-hybridized carbons (Fsp3) is 0. The third-order valence-corrected chi connectivity index (χ3v) is 9.14. The third-order valence-electron chi connectivity index (χ3n) is 9.14. The summed E-state index contributed by atoms with van der Waals surface area (Å²) in [5, 5.41) is 6.55. The molecular weight excluding hydrogens is 590 g/mol. The Morgan fingerprint density at radius 1 is 0.438 bits per heavy atom. The molecule has 48 heavy (non-hydrogen) atoms. The maximum atomic E-state index is 6.22. The molecule has 0 radical (unpaired) electrons. The predicted molar refractivity (Wildman–Crippen MR) is 193 cm³/mol. The van der Waals surface area contributed by atoms with Crippen molar-refractivity contribution in [1.29, 1.82) is 0 Å². The van der Waals surface area contributed by atoms with Crippen LogP contribution in [0.25, 0.3) is 94.4 Å². The molecule has 0 aliphatic carbocycles. The largest absolute Gasteiger partial charge is 0.456 e. The highest BCUT2D eigenvalue weighted by atomic mass is 16.3. The Bertz CT molecular complexity index is 2800. The molecule has 0 saturated carbocycles. The van der Waals surface area contributed by atoms with Crippen molar-refractivity contribution in [3.63, 3.8) is 0 Å².